The Hall–Kier alpha value is -2.15. The average Bonchev–Trinajstić information content (AvgIpc) is 2.49. The minimum absolute atomic E-state index is 0.154. The minimum atomic E-state index is -4.43. The maximum atomic E-state index is 13.7. The Morgan fingerprint density at radius 3 is 2.25 bits per heavy atom. The molecule has 2 aromatic carbocycles. The number of benzene rings is 2. The first-order chi connectivity index (χ1) is 11.2. The van der Waals surface area contributed by atoms with Gasteiger partial charge in [-0.2, -0.15) is 13.2 Å². The van der Waals surface area contributed by atoms with Crippen LogP contribution in [0.15, 0.2) is 51.7 Å². The number of fused-ring (bicyclic) bond motifs is 1. The van der Waals surface area contributed by atoms with Crippen LogP contribution in [-0.4, -0.2) is 4.57 Å². The number of halogens is 5. The molecule has 0 unspecified atom stereocenters. The summed E-state index contributed by atoms with van der Waals surface area (Å²) in [4.78, 5) is 12.1. The van der Waals surface area contributed by atoms with Gasteiger partial charge in [0.05, 0.1) is 15.6 Å². The Labute approximate surface area is 142 Å². The standard InChI is InChI=1S/C17H10BrF4NO/c1-9-6-16(24)12-7-14(19)13(18)8-15(12)23(9)11-4-2-10(3-5-11)17(20,21)22/h2-8H,1H3. The summed E-state index contributed by atoms with van der Waals surface area (Å²) in [6.07, 6.45) is -4.43. The van der Waals surface area contributed by atoms with Crippen LogP contribution in [0.4, 0.5) is 17.6 Å². The summed E-state index contributed by atoms with van der Waals surface area (Å²) in [5.41, 5.74) is 0.279. The normalized spacial score (nSPS) is 11.9. The molecule has 0 saturated carbocycles. The van der Waals surface area contributed by atoms with E-state index in [2.05, 4.69) is 15.9 Å². The number of nitrogens with zero attached hydrogens (tertiary/aromatic N) is 1. The number of aromatic nitrogens is 1. The molecule has 24 heavy (non-hydrogen) atoms. The molecule has 0 radical (unpaired) electrons. The highest BCUT2D eigenvalue weighted by atomic mass is 79.9. The molecular formula is C17H10BrF4NO. The molecule has 2 nitrogen and oxygen atoms in total. The van der Waals surface area contributed by atoms with Gasteiger partial charge in [0.25, 0.3) is 0 Å². The molecule has 0 bridgehead atoms. The molecule has 1 heterocycles. The van der Waals surface area contributed by atoms with Crippen LogP contribution in [0.3, 0.4) is 0 Å². The number of hydrogen-bond donors (Lipinski definition) is 0. The fourth-order valence-electron chi connectivity index (χ4n) is 2.58. The van der Waals surface area contributed by atoms with Gasteiger partial charge in [0, 0.05) is 22.8 Å². The summed E-state index contributed by atoms with van der Waals surface area (Å²) in [5, 5.41) is 0.154. The molecule has 0 fully saturated rings. The smallest absolute Gasteiger partial charge is 0.314 e. The van der Waals surface area contributed by atoms with Gasteiger partial charge in [-0.25, -0.2) is 4.39 Å². The molecule has 3 aromatic rings. The van der Waals surface area contributed by atoms with Gasteiger partial charge in [0.1, 0.15) is 5.82 Å². The van der Waals surface area contributed by atoms with Crippen LogP contribution in [0.5, 0.6) is 0 Å². The third-order valence-corrected chi connectivity index (χ3v) is 4.30. The molecule has 0 atom stereocenters. The van der Waals surface area contributed by atoms with E-state index in [0.29, 0.717) is 16.9 Å². The van der Waals surface area contributed by atoms with Gasteiger partial charge in [-0.05, 0) is 59.3 Å². The van der Waals surface area contributed by atoms with Gasteiger partial charge in [-0.15, -0.1) is 0 Å². The van der Waals surface area contributed by atoms with E-state index >= 15 is 0 Å². The molecule has 7 heteroatoms. The van der Waals surface area contributed by atoms with E-state index in [4.69, 9.17) is 0 Å². The lowest BCUT2D eigenvalue weighted by Gasteiger charge is -2.16. The van der Waals surface area contributed by atoms with Crippen molar-refractivity contribution < 1.29 is 17.6 Å². The zero-order chi connectivity index (χ0) is 17.6. The highest BCUT2D eigenvalue weighted by Gasteiger charge is 2.30. The number of hydrogen-bond acceptors (Lipinski definition) is 1. The largest absolute Gasteiger partial charge is 0.416 e. The third-order valence-electron chi connectivity index (χ3n) is 3.69. The van der Waals surface area contributed by atoms with Crippen LogP contribution >= 0.6 is 15.9 Å². The molecule has 3 rings (SSSR count). The highest BCUT2D eigenvalue weighted by Crippen LogP contribution is 2.31. The lowest BCUT2D eigenvalue weighted by molar-refractivity contribution is -0.137. The predicted octanol–water partition coefficient (Wildman–Crippen LogP) is 5.22. The molecule has 0 aliphatic heterocycles. The number of rotatable bonds is 1. The monoisotopic (exact) mass is 399 g/mol. The Balaban J connectivity index is 2.30. The van der Waals surface area contributed by atoms with Gasteiger partial charge < -0.3 is 4.57 Å². The van der Waals surface area contributed by atoms with Crippen molar-refractivity contribution in [3.63, 3.8) is 0 Å². The maximum Gasteiger partial charge on any atom is 0.416 e. The van der Waals surface area contributed by atoms with Crippen molar-refractivity contribution in [3.8, 4) is 5.69 Å². The second-order valence-corrected chi connectivity index (χ2v) is 6.17. The van der Waals surface area contributed by atoms with E-state index in [1.54, 1.807) is 11.5 Å². The molecule has 0 spiro atoms. The van der Waals surface area contributed by atoms with E-state index < -0.39 is 17.6 Å². The second-order valence-electron chi connectivity index (χ2n) is 5.31. The Bertz CT molecular complexity index is 991. The van der Waals surface area contributed by atoms with Gasteiger partial charge in [-0.1, -0.05) is 0 Å². The van der Waals surface area contributed by atoms with E-state index in [9.17, 15) is 22.4 Å². The summed E-state index contributed by atoms with van der Waals surface area (Å²) in [5.74, 6) is -0.581. The first-order valence-corrected chi connectivity index (χ1v) is 7.67. The molecule has 0 aliphatic rings. The topological polar surface area (TPSA) is 22.0 Å². The van der Waals surface area contributed by atoms with E-state index in [0.717, 1.165) is 18.2 Å². The van der Waals surface area contributed by atoms with Crippen LogP contribution in [0.2, 0.25) is 0 Å². The van der Waals surface area contributed by atoms with E-state index in [-0.39, 0.29) is 15.3 Å². The number of pyridine rings is 1. The summed E-state index contributed by atoms with van der Waals surface area (Å²) in [6, 6.07) is 8.45. The van der Waals surface area contributed by atoms with Crippen molar-refractivity contribution in [2.75, 3.05) is 0 Å². The molecule has 1 aromatic heterocycles. The van der Waals surface area contributed by atoms with Crippen LogP contribution in [0, 0.1) is 12.7 Å². The van der Waals surface area contributed by atoms with E-state index in [1.165, 1.54) is 24.3 Å². The molecule has 0 amide bonds. The van der Waals surface area contributed by atoms with Crippen molar-refractivity contribution in [1.82, 2.24) is 4.57 Å². The van der Waals surface area contributed by atoms with Gasteiger partial charge >= 0.3 is 6.18 Å². The van der Waals surface area contributed by atoms with Crippen LogP contribution in [0.1, 0.15) is 11.3 Å². The zero-order valence-corrected chi connectivity index (χ0v) is 13.9. The van der Waals surface area contributed by atoms with Crippen molar-refractivity contribution in [1.29, 1.82) is 0 Å². The Morgan fingerprint density at radius 2 is 1.67 bits per heavy atom. The summed E-state index contributed by atoms with van der Waals surface area (Å²) >= 11 is 3.07. The SMILES string of the molecule is Cc1cc(=O)c2cc(F)c(Br)cc2n1-c1ccc(C(F)(F)F)cc1. The quantitative estimate of drug-likeness (QED) is 0.514. The van der Waals surface area contributed by atoms with E-state index in [1.807, 2.05) is 0 Å². The summed E-state index contributed by atoms with van der Waals surface area (Å²) < 4.78 is 53.6. The molecular weight excluding hydrogens is 390 g/mol. The summed E-state index contributed by atoms with van der Waals surface area (Å²) in [6.45, 7) is 1.66. The van der Waals surface area contributed by atoms with Crippen LogP contribution < -0.4 is 5.43 Å². The van der Waals surface area contributed by atoms with Crippen molar-refractivity contribution in [2.45, 2.75) is 13.1 Å². The average molecular weight is 400 g/mol. The third kappa shape index (κ3) is 2.84. The first kappa shape index (κ1) is 16.7. The zero-order valence-electron chi connectivity index (χ0n) is 12.3. The van der Waals surface area contributed by atoms with Crippen LogP contribution in [-0.2, 0) is 6.18 Å². The maximum absolute atomic E-state index is 13.7. The Morgan fingerprint density at radius 1 is 1.04 bits per heavy atom. The molecule has 0 N–H and O–H groups in total. The number of alkyl halides is 3. The minimum Gasteiger partial charge on any atom is -0.314 e. The van der Waals surface area contributed by atoms with Gasteiger partial charge in [0.2, 0.25) is 0 Å². The second kappa shape index (κ2) is 5.73. The molecule has 124 valence electrons. The molecule has 0 saturated heterocycles. The van der Waals surface area contributed by atoms with Gasteiger partial charge in [-0.3, -0.25) is 4.79 Å². The summed E-state index contributed by atoms with van der Waals surface area (Å²) in [7, 11) is 0. The molecule has 0 aliphatic carbocycles. The lowest BCUT2D eigenvalue weighted by Crippen LogP contribution is -2.12. The van der Waals surface area contributed by atoms with Crippen molar-refractivity contribution in [2.24, 2.45) is 0 Å². The van der Waals surface area contributed by atoms with Gasteiger partial charge in [0.15, 0.2) is 5.43 Å². The van der Waals surface area contributed by atoms with Crippen LogP contribution in [0.25, 0.3) is 16.6 Å². The number of aryl methyl sites for hydroxylation is 1. The predicted molar refractivity (Wildman–Crippen MR) is 86.9 cm³/mol. The fourth-order valence-corrected chi connectivity index (χ4v) is 2.91. The first-order valence-electron chi connectivity index (χ1n) is 6.87. The Kier molecular flexibility index (Phi) is 3.99. The highest BCUT2D eigenvalue weighted by molar-refractivity contribution is 9.10. The fraction of sp³-hybridized carbons (Fsp3) is 0.118. The van der Waals surface area contributed by atoms with Crippen molar-refractivity contribution in [3.05, 3.63) is 74.2 Å². The van der Waals surface area contributed by atoms with Crippen molar-refractivity contribution >= 4 is 26.8 Å². The lowest BCUT2D eigenvalue weighted by atomic mass is 10.1.